The van der Waals surface area contributed by atoms with E-state index in [-0.39, 0.29) is 11.8 Å². The van der Waals surface area contributed by atoms with Gasteiger partial charge in [-0.2, -0.15) is 5.10 Å². The van der Waals surface area contributed by atoms with Crippen LogP contribution in [0, 0.1) is 0 Å². The first-order valence-electron chi connectivity index (χ1n) is 9.33. The highest BCUT2D eigenvalue weighted by atomic mass is 16.3. The largest absolute Gasteiger partial charge is 0.467 e. The normalized spacial score (nSPS) is 14.8. The fourth-order valence-corrected chi connectivity index (χ4v) is 3.47. The van der Waals surface area contributed by atoms with Crippen LogP contribution in [-0.2, 0) is 17.9 Å². The Labute approximate surface area is 162 Å². The molecule has 0 unspecified atom stereocenters. The molecule has 3 aromatic rings. The summed E-state index contributed by atoms with van der Waals surface area (Å²) in [5.74, 6) is 0.408. The number of carbonyl (C=O) groups is 2. The Morgan fingerprint density at radius 3 is 2.68 bits per heavy atom. The molecule has 28 heavy (non-hydrogen) atoms. The van der Waals surface area contributed by atoms with Crippen LogP contribution in [0.4, 0.5) is 0 Å². The van der Waals surface area contributed by atoms with Gasteiger partial charge in [0.05, 0.1) is 18.5 Å². The first kappa shape index (κ1) is 18.0. The van der Waals surface area contributed by atoms with Gasteiger partial charge in [-0.05, 0) is 30.2 Å². The van der Waals surface area contributed by atoms with Crippen LogP contribution in [0.2, 0.25) is 0 Å². The van der Waals surface area contributed by atoms with E-state index in [1.165, 1.54) is 0 Å². The minimum atomic E-state index is -0.404. The van der Waals surface area contributed by atoms with Crippen LogP contribution in [0.25, 0.3) is 0 Å². The Morgan fingerprint density at radius 1 is 1.14 bits per heavy atom. The molecule has 1 aliphatic rings. The minimum Gasteiger partial charge on any atom is -0.467 e. The summed E-state index contributed by atoms with van der Waals surface area (Å²) in [5.41, 5.74) is 2.13. The zero-order valence-electron chi connectivity index (χ0n) is 15.7. The zero-order valence-corrected chi connectivity index (χ0v) is 15.7. The van der Waals surface area contributed by atoms with Crippen LogP contribution in [0.3, 0.4) is 0 Å². The Hall–Kier alpha value is -3.35. The number of aromatic nitrogens is 2. The van der Waals surface area contributed by atoms with Crippen molar-refractivity contribution in [1.29, 1.82) is 0 Å². The van der Waals surface area contributed by atoms with Crippen LogP contribution < -0.4 is 5.32 Å². The molecule has 0 fully saturated rings. The number of benzene rings is 1. The lowest BCUT2D eigenvalue weighted by Gasteiger charge is -2.17. The number of rotatable bonds is 4. The maximum atomic E-state index is 12.9. The molecule has 0 aliphatic carbocycles. The number of nitrogens with one attached hydrogen (secondary N) is 1. The van der Waals surface area contributed by atoms with Crippen molar-refractivity contribution in [2.75, 3.05) is 6.54 Å². The smallest absolute Gasteiger partial charge is 0.272 e. The van der Waals surface area contributed by atoms with Crippen molar-refractivity contribution in [3.63, 3.8) is 0 Å². The summed E-state index contributed by atoms with van der Waals surface area (Å²) in [5, 5.41) is 7.49. The van der Waals surface area contributed by atoms with Crippen molar-refractivity contribution in [2.45, 2.75) is 32.5 Å². The van der Waals surface area contributed by atoms with Gasteiger partial charge in [-0.1, -0.05) is 30.3 Å². The minimum absolute atomic E-state index is 0.0302. The molecule has 1 aromatic carbocycles. The van der Waals surface area contributed by atoms with Crippen LogP contribution in [0.5, 0.6) is 0 Å². The third-order valence-electron chi connectivity index (χ3n) is 4.93. The first-order chi connectivity index (χ1) is 13.6. The zero-order chi connectivity index (χ0) is 19.5. The molecule has 0 saturated heterocycles. The molecule has 7 nitrogen and oxygen atoms in total. The van der Waals surface area contributed by atoms with Crippen molar-refractivity contribution < 1.29 is 14.0 Å². The van der Waals surface area contributed by atoms with E-state index in [9.17, 15) is 9.59 Å². The van der Waals surface area contributed by atoms with Crippen molar-refractivity contribution in [3.05, 3.63) is 77.5 Å². The van der Waals surface area contributed by atoms with Crippen molar-refractivity contribution in [1.82, 2.24) is 20.0 Å². The second-order valence-electron chi connectivity index (χ2n) is 6.87. The van der Waals surface area contributed by atoms with Gasteiger partial charge in [-0.15, -0.1) is 0 Å². The van der Waals surface area contributed by atoms with E-state index in [2.05, 4.69) is 10.4 Å². The molecule has 4 rings (SSSR count). The summed E-state index contributed by atoms with van der Waals surface area (Å²) < 4.78 is 7.36. The molecular weight excluding hydrogens is 356 g/mol. The lowest BCUT2D eigenvalue weighted by Crippen LogP contribution is -2.29. The van der Waals surface area contributed by atoms with E-state index in [4.69, 9.17) is 4.42 Å². The summed E-state index contributed by atoms with van der Waals surface area (Å²) in [7, 11) is 0. The monoisotopic (exact) mass is 378 g/mol. The van der Waals surface area contributed by atoms with Gasteiger partial charge in [-0.3, -0.25) is 14.3 Å². The van der Waals surface area contributed by atoms with Crippen molar-refractivity contribution in [3.8, 4) is 0 Å². The van der Waals surface area contributed by atoms with Crippen LogP contribution in [-0.4, -0.2) is 33.0 Å². The third-order valence-corrected chi connectivity index (χ3v) is 4.93. The lowest BCUT2D eigenvalue weighted by molar-refractivity contribution is -0.129. The predicted octanol–water partition coefficient (Wildman–Crippen LogP) is 2.75. The van der Waals surface area contributed by atoms with E-state index >= 15 is 0 Å². The third kappa shape index (κ3) is 3.69. The summed E-state index contributed by atoms with van der Waals surface area (Å²) in [6.45, 7) is 3.42. The SMILES string of the molecule is CC(=O)N1CCCn2nc(C(=O)N[C@@H](c3ccccc3)c3ccco3)cc2C1. The standard InChI is InChI=1S/C21H22N4O3/c1-15(26)24-10-6-11-25-17(14-24)13-18(23-25)21(27)22-20(19-9-5-12-28-19)16-7-3-2-4-8-16/h2-5,7-9,12-13,20H,6,10-11,14H2,1H3,(H,22,27)/t20-/m0/s1. The molecule has 7 heteroatoms. The predicted molar refractivity (Wildman–Crippen MR) is 102 cm³/mol. The summed E-state index contributed by atoms with van der Waals surface area (Å²) in [4.78, 5) is 26.5. The number of fused-ring (bicyclic) bond motifs is 1. The molecule has 0 bridgehead atoms. The topological polar surface area (TPSA) is 80.4 Å². The Bertz CT molecular complexity index is 963. The molecule has 0 radical (unpaired) electrons. The van der Waals surface area contributed by atoms with Gasteiger partial charge in [0.25, 0.3) is 5.91 Å². The van der Waals surface area contributed by atoms with Gasteiger partial charge in [-0.25, -0.2) is 0 Å². The number of hydrogen-bond donors (Lipinski definition) is 1. The summed E-state index contributed by atoms with van der Waals surface area (Å²) >= 11 is 0. The molecule has 1 atom stereocenters. The Balaban J connectivity index is 1.57. The number of aryl methyl sites for hydroxylation is 1. The highest BCUT2D eigenvalue weighted by Crippen LogP contribution is 2.23. The maximum absolute atomic E-state index is 12.9. The second-order valence-corrected chi connectivity index (χ2v) is 6.87. The highest BCUT2D eigenvalue weighted by Gasteiger charge is 2.24. The number of furan rings is 1. The average molecular weight is 378 g/mol. The summed E-state index contributed by atoms with van der Waals surface area (Å²) in [6, 6.07) is 14.7. The quantitative estimate of drug-likeness (QED) is 0.757. The second kappa shape index (κ2) is 7.72. The number of carbonyl (C=O) groups excluding carboxylic acids is 2. The van der Waals surface area contributed by atoms with Crippen LogP contribution >= 0.6 is 0 Å². The maximum Gasteiger partial charge on any atom is 0.272 e. The number of nitrogens with zero attached hydrogens (tertiary/aromatic N) is 3. The van der Waals surface area contributed by atoms with Gasteiger partial charge in [0.1, 0.15) is 11.8 Å². The number of hydrogen-bond acceptors (Lipinski definition) is 4. The van der Waals surface area contributed by atoms with E-state index in [1.54, 1.807) is 30.2 Å². The van der Waals surface area contributed by atoms with Crippen LogP contribution in [0.15, 0.2) is 59.2 Å². The van der Waals surface area contributed by atoms with E-state index in [0.29, 0.717) is 31.1 Å². The number of amides is 2. The average Bonchev–Trinajstić information content (AvgIpc) is 3.32. The molecule has 3 heterocycles. The van der Waals surface area contributed by atoms with Crippen LogP contribution in [0.1, 0.15) is 46.9 Å². The highest BCUT2D eigenvalue weighted by molar-refractivity contribution is 5.93. The molecule has 1 N–H and O–H groups in total. The van der Waals surface area contributed by atoms with Gasteiger partial charge < -0.3 is 14.6 Å². The van der Waals surface area contributed by atoms with Crippen molar-refractivity contribution in [2.24, 2.45) is 0 Å². The van der Waals surface area contributed by atoms with Gasteiger partial charge in [0.2, 0.25) is 5.91 Å². The molecule has 2 aromatic heterocycles. The summed E-state index contributed by atoms with van der Waals surface area (Å²) in [6.07, 6.45) is 2.40. The van der Waals surface area contributed by atoms with Gasteiger partial charge >= 0.3 is 0 Å². The Kier molecular flexibility index (Phi) is 4.97. The molecule has 144 valence electrons. The van der Waals surface area contributed by atoms with E-state index < -0.39 is 6.04 Å². The molecule has 1 aliphatic heterocycles. The lowest BCUT2D eigenvalue weighted by atomic mass is 10.0. The molecule has 0 spiro atoms. The molecule has 0 saturated carbocycles. The molecular formula is C21H22N4O3. The van der Waals surface area contributed by atoms with Gasteiger partial charge in [0, 0.05) is 20.0 Å². The first-order valence-corrected chi connectivity index (χ1v) is 9.33. The van der Waals surface area contributed by atoms with Gasteiger partial charge in [0.15, 0.2) is 5.69 Å². The van der Waals surface area contributed by atoms with E-state index in [0.717, 1.165) is 17.7 Å². The molecule has 2 amide bonds. The van der Waals surface area contributed by atoms with Crippen molar-refractivity contribution >= 4 is 11.8 Å². The fraction of sp³-hybridized carbons (Fsp3) is 0.286. The fourth-order valence-electron chi connectivity index (χ4n) is 3.47. The van der Waals surface area contributed by atoms with E-state index in [1.807, 2.05) is 41.1 Å². The Morgan fingerprint density at radius 2 is 1.96 bits per heavy atom.